The molecule has 30 heavy (non-hydrogen) atoms. The van der Waals surface area contributed by atoms with E-state index in [0.717, 1.165) is 29.9 Å². The van der Waals surface area contributed by atoms with Crippen molar-refractivity contribution in [2.75, 3.05) is 13.7 Å². The van der Waals surface area contributed by atoms with E-state index in [1.54, 1.807) is 19.2 Å². The molecule has 0 fully saturated rings. The smallest absolute Gasteiger partial charge is 0.367 e. The second-order valence-electron chi connectivity index (χ2n) is 6.94. The maximum absolute atomic E-state index is 12.1. The number of nitrogens with zero attached hydrogens (tertiary/aromatic N) is 2. The Hall–Kier alpha value is -2.55. The van der Waals surface area contributed by atoms with Gasteiger partial charge in [0.25, 0.3) is 0 Å². The summed E-state index contributed by atoms with van der Waals surface area (Å²) in [7, 11) is 1.67. The number of guanidine groups is 1. The highest BCUT2D eigenvalue weighted by Crippen LogP contribution is 2.22. The number of aromatic nitrogens is 1. The fourth-order valence-corrected chi connectivity index (χ4v) is 2.93. The van der Waals surface area contributed by atoms with E-state index in [0.29, 0.717) is 30.5 Å². The minimum atomic E-state index is -4.31. The van der Waals surface area contributed by atoms with E-state index in [9.17, 15) is 13.2 Å². The molecule has 2 rings (SSSR count). The molecule has 0 saturated carbocycles. The number of rotatable bonds is 10. The molecule has 6 nitrogen and oxygen atoms in total. The fourth-order valence-electron chi connectivity index (χ4n) is 2.93. The molecule has 0 amide bonds. The first-order valence-electron chi connectivity index (χ1n) is 9.96. The third-order valence-electron chi connectivity index (χ3n) is 4.65. The van der Waals surface area contributed by atoms with Gasteiger partial charge in [-0.3, -0.25) is 4.99 Å². The highest BCUT2D eigenvalue weighted by molar-refractivity contribution is 5.79. The summed E-state index contributed by atoms with van der Waals surface area (Å²) in [6.07, 6.45) is -2.27. The molecule has 0 spiro atoms. The van der Waals surface area contributed by atoms with Crippen molar-refractivity contribution in [3.8, 4) is 0 Å². The molecule has 2 N–H and O–H groups in total. The minimum Gasteiger partial charge on any atom is -0.367 e. The topological polar surface area (TPSA) is 71.7 Å². The van der Waals surface area contributed by atoms with Gasteiger partial charge in [0, 0.05) is 25.6 Å². The van der Waals surface area contributed by atoms with Crippen LogP contribution in [-0.2, 0) is 24.4 Å². The summed E-state index contributed by atoms with van der Waals surface area (Å²) in [6, 6.07) is 9.14. The summed E-state index contributed by atoms with van der Waals surface area (Å²) in [5.41, 5.74) is 2.62. The molecular formula is C21H29F3N4O2. The van der Waals surface area contributed by atoms with E-state index in [-0.39, 0.29) is 6.61 Å². The van der Waals surface area contributed by atoms with Crippen molar-refractivity contribution in [2.45, 2.75) is 58.5 Å². The maximum atomic E-state index is 12.1. The quantitative estimate of drug-likeness (QED) is 0.432. The standard InChI is InChI=1S/C21H29F3N4O2/c1-4-17(5-2)19-10-18(30-28-19)12-27-20(25-3)26-11-15-6-8-16(9-7-15)13-29-14-21(22,23)24/h6-10,17H,4-5,11-14H2,1-3H3,(H2,25,26,27). The SMILES string of the molecule is CCC(CC)c1cc(CNC(=NC)NCc2ccc(COCC(F)(F)F)cc2)on1. The largest absolute Gasteiger partial charge is 0.411 e. The molecule has 0 atom stereocenters. The van der Waals surface area contributed by atoms with Crippen molar-refractivity contribution in [2.24, 2.45) is 4.99 Å². The molecule has 0 bridgehead atoms. The van der Waals surface area contributed by atoms with Gasteiger partial charge in [0.2, 0.25) is 0 Å². The Labute approximate surface area is 174 Å². The zero-order valence-electron chi connectivity index (χ0n) is 17.6. The zero-order valence-corrected chi connectivity index (χ0v) is 17.6. The number of alkyl halides is 3. The molecule has 0 saturated heterocycles. The Morgan fingerprint density at radius 2 is 1.73 bits per heavy atom. The number of aliphatic imine (C=N–C) groups is 1. The first-order valence-corrected chi connectivity index (χ1v) is 9.96. The van der Waals surface area contributed by atoms with E-state index < -0.39 is 12.8 Å². The molecule has 9 heteroatoms. The Bertz CT molecular complexity index is 784. The molecule has 1 heterocycles. The first-order chi connectivity index (χ1) is 14.3. The van der Waals surface area contributed by atoms with Crippen LogP contribution >= 0.6 is 0 Å². The first kappa shape index (κ1) is 23.7. The Kier molecular flexibility index (Phi) is 9.16. The number of hydrogen-bond acceptors (Lipinski definition) is 4. The molecule has 166 valence electrons. The van der Waals surface area contributed by atoms with Gasteiger partial charge in [0.15, 0.2) is 11.7 Å². The van der Waals surface area contributed by atoms with Crippen LogP contribution in [0.3, 0.4) is 0 Å². The third-order valence-corrected chi connectivity index (χ3v) is 4.65. The second kappa shape index (κ2) is 11.6. The number of hydrogen-bond donors (Lipinski definition) is 2. The van der Waals surface area contributed by atoms with E-state index in [1.165, 1.54) is 0 Å². The minimum absolute atomic E-state index is 0.0769. The van der Waals surface area contributed by atoms with Crippen LogP contribution in [0, 0.1) is 0 Å². The number of nitrogens with one attached hydrogen (secondary N) is 2. The molecule has 2 aromatic rings. The van der Waals surface area contributed by atoms with Crippen molar-refractivity contribution >= 4 is 5.96 Å². The van der Waals surface area contributed by atoms with Crippen LogP contribution in [-0.4, -0.2) is 30.9 Å². The van der Waals surface area contributed by atoms with Crippen LogP contribution < -0.4 is 10.6 Å². The van der Waals surface area contributed by atoms with Gasteiger partial charge in [-0.15, -0.1) is 0 Å². The highest BCUT2D eigenvalue weighted by atomic mass is 19.4. The molecule has 0 aliphatic carbocycles. The average Bonchev–Trinajstić information content (AvgIpc) is 3.18. The van der Waals surface area contributed by atoms with Crippen LogP contribution in [0.25, 0.3) is 0 Å². The number of benzene rings is 1. The Morgan fingerprint density at radius 3 is 2.33 bits per heavy atom. The summed E-state index contributed by atoms with van der Waals surface area (Å²) in [5.74, 6) is 1.75. The van der Waals surface area contributed by atoms with Crippen LogP contribution in [0.15, 0.2) is 39.8 Å². The molecule has 0 aliphatic rings. The lowest BCUT2D eigenvalue weighted by molar-refractivity contribution is -0.176. The van der Waals surface area contributed by atoms with E-state index in [4.69, 9.17) is 4.52 Å². The summed E-state index contributed by atoms with van der Waals surface area (Å²) in [4.78, 5) is 4.18. The monoisotopic (exact) mass is 426 g/mol. The van der Waals surface area contributed by atoms with Gasteiger partial charge in [0.05, 0.1) is 18.8 Å². The van der Waals surface area contributed by atoms with Gasteiger partial charge in [-0.25, -0.2) is 0 Å². The normalized spacial score (nSPS) is 12.4. The maximum Gasteiger partial charge on any atom is 0.411 e. The molecule has 1 aromatic carbocycles. The summed E-state index contributed by atoms with van der Waals surface area (Å²) in [6.45, 7) is 3.92. The lowest BCUT2D eigenvalue weighted by Gasteiger charge is -2.11. The van der Waals surface area contributed by atoms with Crippen LogP contribution in [0.1, 0.15) is 55.2 Å². The summed E-state index contributed by atoms with van der Waals surface area (Å²) in [5, 5.41) is 10.5. The number of ether oxygens (including phenoxy) is 1. The molecule has 0 unspecified atom stereocenters. The second-order valence-corrected chi connectivity index (χ2v) is 6.94. The Morgan fingerprint density at radius 1 is 1.10 bits per heavy atom. The fraction of sp³-hybridized carbons (Fsp3) is 0.524. The van der Waals surface area contributed by atoms with E-state index >= 15 is 0 Å². The predicted octanol–water partition coefficient (Wildman–Crippen LogP) is 4.52. The van der Waals surface area contributed by atoms with Crippen molar-refractivity contribution in [1.82, 2.24) is 15.8 Å². The summed E-state index contributed by atoms with van der Waals surface area (Å²) >= 11 is 0. The molecule has 0 radical (unpaired) electrons. The van der Waals surface area contributed by atoms with Gasteiger partial charge >= 0.3 is 6.18 Å². The molecular weight excluding hydrogens is 397 g/mol. The summed E-state index contributed by atoms with van der Waals surface area (Å²) < 4.78 is 46.4. The average molecular weight is 426 g/mol. The van der Waals surface area contributed by atoms with Crippen molar-refractivity contribution in [3.63, 3.8) is 0 Å². The van der Waals surface area contributed by atoms with Crippen molar-refractivity contribution in [3.05, 3.63) is 52.9 Å². The lowest BCUT2D eigenvalue weighted by atomic mass is 9.99. The van der Waals surface area contributed by atoms with Gasteiger partial charge in [-0.05, 0) is 24.0 Å². The Balaban J connectivity index is 1.77. The zero-order chi connectivity index (χ0) is 22.0. The van der Waals surface area contributed by atoms with Gasteiger partial charge in [-0.2, -0.15) is 13.2 Å². The van der Waals surface area contributed by atoms with Gasteiger partial charge in [-0.1, -0.05) is 43.3 Å². The number of halogens is 3. The van der Waals surface area contributed by atoms with Crippen molar-refractivity contribution < 1.29 is 22.4 Å². The van der Waals surface area contributed by atoms with Gasteiger partial charge < -0.3 is 19.9 Å². The van der Waals surface area contributed by atoms with Crippen LogP contribution in [0.2, 0.25) is 0 Å². The van der Waals surface area contributed by atoms with Crippen molar-refractivity contribution in [1.29, 1.82) is 0 Å². The van der Waals surface area contributed by atoms with Crippen LogP contribution in [0.4, 0.5) is 13.2 Å². The lowest BCUT2D eigenvalue weighted by Crippen LogP contribution is -2.36. The highest BCUT2D eigenvalue weighted by Gasteiger charge is 2.27. The molecule has 0 aliphatic heterocycles. The van der Waals surface area contributed by atoms with E-state index in [2.05, 4.69) is 39.4 Å². The predicted molar refractivity (Wildman–Crippen MR) is 109 cm³/mol. The van der Waals surface area contributed by atoms with E-state index in [1.807, 2.05) is 18.2 Å². The molecule has 1 aromatic heterocycles. The third kappa shape index (κ3) is 8.06. The van der Waals surface area contributed by atoms with Crippen LogP contribution in [0.5, 0.6) is 0 Å². The van der Waals surface area contributed by atoms with Gasteiger partial charge in [0.1, 0.15) is 6.61 Å².